The van der Waals surface area contributed by atoms with Gasteiger partial charge in [0, 0.05) is 13.2 Å². The van der Waals surface area contributed by atoms with Crippen LogP contribution in [0.2, 0.25) is 0 Å². The Hall–Kier alpha value is -3.54. The fourth-order valence-corrected chi connectivity index (χ4v) is 2.80. The molecule has 0 saturated heterocycles. The summed E-state index contributed by atoms with van der Waals surface area (Å²) in [7, 11) is 1.61. The predicted molar refractivity (Wildman–Crippen MR) is 114 cm³/mol. The number of hydrogen-bond acceptors (Lipinski definition) is 9. The van der Waals surface area contributed by atoms with E-state index in [0.717, 1.165) is 0 Å². The van der Waals surface area contributed by atoms with Gasteiger partial charge in [-0.25, -0.2) is 0 Å². The number of nitro groups is 1. The highest BCUT2D eigenvalue weighted by molar-refractivity contribution is 5.92. The summed E-state index contributed by atoms with van der Waals surface area (Å²) in [6, 6.07) is 9.83. The van der Waals surface area contributed by atoms with Crippen LogP contribution in [0.1, 0.15) is 11.5 Å². The highest BCUT2D eigenvalue weighted by Crippen LogP contribution is 2.25. The Labute approximate surface area is 183 Å². The maximum Gasteiger partial charge on any atom is 0.433 e. The summed E-state index contributed by atoms with van der Waals surface area (Å²) in [5, 5.41) is 28.5. The second kappa shape index (κ2) is 11.7. The molecule has 0 amide bonds. The monoisotopic (exact) mass is 445 g/mol. The summed E-state index contributed by atoms with van der Waals surface area (Å²) >= 11 is 0. The van der Waals surface area contributed by atoms with Crippen LogP contribution in [0.15, 0.2) is 40.8 Å². The van der Waals surface area contributed by atoms with Gasteiger partial charge in [0.25, 0.3) is 11.6 Å². The van der Waals surface area contributed by atoms with Gasteiger partial charge in [-0.2, -0.15) is 0 Å². The lowest BCUT2D eigenvalue weighted by atomic mass is 10.1. The largest absolute Gasteiger partial charge is 0.594 e. The molecule has 2 aromatic heterocycles. The standard InChI is InChI=1S/C21H23N3O8/c1-28-10-11-29-12-13-30-14-15-31-21-18-5-3-2-4-17(18)19(23(25)22-21)8-6-16-7-9-20(32-16)24(26)27/h2-9H,10-15H2,1H3. The Kier molecular flexibility index (Phi) is 8.49. The molecule has 0 N–H and O–H groups in total. The van der Waals surface area contributed by atoms with Crippen molar-refractivity contribution in [1.29, 1.82) is 0 Å². The Morgan fingerprint density at radius 2 is 1.69 bits per heavy atom. The van der Waals surface area contributed by atoms with Crippen molar-refractivity contribution < 1.29 is 33.1 Å². The van der Waals surface area contributed by atoms with Crippen LogP contribution in [0.25, 0.3) is 22.9 Å². The first-order chi connectivity index (χ1) is 15.6. The number of rotatable bonds is 13. The van der Waals surface area contributed by atoms with E-state index < -0.39 is 4.92 Å². The second-order valence-electron chi connectivity index (χ2n) is 6.44. The zero-order valence-corrected chi connectivity index (χ0v) is 17.5. The summed E-state index contributed by atoms with van der Waals surface area (Å²) < 4.78 is 26.4. The van der Waals surface area contributed by atoms with Crippen molar-refractivity contribution in [3.8, 4) is 5.88 Å². The zero-order chi connectivity index (χ0) is 22.8. The number of furan rings is 1. The molecule has 2 heterocycles. The van der Waals surface area contributed by atoms with Gasteiger partial charge in [-0.3, -0.25) is 10.1 Å². The Balaban J connectivity index is 1.64. The third-order valence-corrected chi connectivity index (χ3v) is 4.29. The molecule has 0 spiro atoms. The molecule has 0 aliphatic rings. The third kappa shape index (κ3) is 6.23. The van der Waals surface area contributed by atoms with Gasteiger partial charge in [-0.15, -0.1) is 0 Å². The number of benzene rings is 1. The Morgan fingerprint density at radius 3 is 2.38 bits per heavy atom. The van der Waals surface area contributed by atoms with Gasteiger partial charge in [-0.1, -0.05) is 12.1 Å². The van der Waals surface area contributed by atoms with E-state index in [1.807, 2.05) is 6.07 Å². The fourth-order valence-electron chi connectivity index (χ4n) is 2.80. The van der Waals surface area contributed by atoms with E-state index in [9.17, 15) is 15.3 Å². The molecule has 0 atom stereocenters. The first-order valence-electron chi connectivity index (χ1n) is 9.82. The fraction of sp³-hybridized carbons (Fsp3) is 0.333. The molecule has 170 valence electrons. The topological polar surface area (TPSA) is 133 Å². The molecule has 0 radical (unpaired) electrons. The maximum absolute atomic E-state index is 12.5. The van der Waals surface area contributed by atoms with E-state index >= 15 is 0 Å². The number of ether oxygens (including phenoxy) is 4. The minimum Gasteiger partial charge on any atom is -0.594 e. The van der Waals surface area contributed by atoms with E-state index in [0.29, 0.717) is 48.7 Å². The lowest BCUT2D eigenvalue weighted by molar-refractivity contribution is -0.670. The van der Waals surface area contributed by atoms with Crippen LogP contribution in [-0.4, -0.2) is 56.8 Å². The van der Waals surface area contributed by atoms with Gasteiger partial charge in [0.15, 0.2) is 0 Å². The molecule has 1 aromatic carbocycles. The van der Waals surface area contributed by atoms with Gasteiger partial charge in [0.1, 0.15) is 17.3 Å². The van der Waals surface area contributed by atoms with Crippen LogP contribution in [0.3, 0.4) is 0 Å². The molecule has 0 fully saturated rings. The minimum absolute atomic E-state index is 0.182. The molecular formula is C21H23N3O8. The Morgan fingerprint density at radius 1 is 1.00 bits per heavy atom. The average molecular weight is 445 g/mol. The number of methoxy groups -OCH3 is 1. The van der Waals surface area contributed by atoms with Gasteiger partial charge < -0.3 is 28.6 Å². The molecule has 3 rings (SSSR count). The molecule has 0 saturated carbocycles. The highest BCUT2D eigenvalue weighted by atomic mass is 16.6. The smallest absolute Gasteiger partial charge is 0.433 e. The SMILES string of the molecule is COCCOCCOCCOc1n[n+]([O-])c(C=Cc2ccc([N+](=O)[O-])o2)c2ccccc12. The summed E-state index contributed by atoms with van der Waals surface area (Å²) in [5.41, 5.74) is 0.247. The van der Waals surface area contributed by atoms with Crippen LogP contribution < -0.4 is 9.58 Å². The van der Waals surface area contributed by atoms with E-state index in [-0.39, 0.29) is 29.8 Å². The molecule has 0 unspecified atom stereocenters. The molecular weight excluding hydrogens is 422 g/mol. The van der Waals surface area contributed by atoms with E-state index in [4.69, 9.17) is 23.4 Å². The molecule has 11 heteroatoms. The lowest BCUT2D eigenvalue weighted by Crippen LogP contribution is -2.35. The van der Waals surface area contributed by atoms with Gasteiger partial charge >= 0.3 is 5.88 Å². The number of fused-ring (bicyclic) bond motifs is 1. The number of nitrogens with zero attached hydrogens (tertiary/aromatic N) is 3. The van der Waals surface area contributed by atoms with E-state index in [2.05, 4.69) is 5.10 Å². The van der Waals surface area contributed by atoms with Crippen LogP contribution >= 0.6 is 0 Å². The maximum atomic E-state index is 12.5. The summed E-state index contributed by atoms with van der Waals surface area (Å²) in [4.78, 5) is 10.6. The molecule has 3 aromatic rings. The van der Waals surface area contributed by atoms with Gasteiger partial charge in [0.2, 0.25) is 0 Å². The quantitative estimate of drug-likeness (QED) is 0.128. The van der Waals surface area contributed by atoms with Crippen LogP contribution in [0, 0.1) is 15.3 Å². The average Bonchev–Trinajstić information content (AvgIpc) is 3.27. The Bertz CT molecular complexity index is 1070. The van der Waals surface area contributed by atoms with Gasteiger partial charge in [0.05, 0.1) is 55.0 Å². The van der Waals surface area contributed by atoms with Crippen LogP contribution in [-0.2, 0) is 14.2 Å². The van der Waals surface area contributed by atoms with Crippen molar-refractivity contribution in [1.82, 2.24) is 5.10 Å². The van der Waals surface area contributed by atoms with Crippen molar-refractivity contribution in [3.63, 3.8) is 0 Å². The zero-order valence-electron chi connectivity index (χ0n) is 17.5. The van der Waals surface area contributed by atoms with Crippen LogP contribution in [0.5, 0.6) is 5.88 Å². The van der Waals surface area contributed by atoms with E-state index in [1.165, 1.54) is 24.3 Å². The number of aromatic nitrogens is 2. The molecule has 0 aliphatic carbocycles. The first-order valence-corrected chi connectivity index (χ1v) is 9.82. The summed E-state index contributed by atoms with van der Waals surface area (Å²) in [6.07, 6.45) is 2.95. The molecule has 0 aliphatic heterocycles. The van der Waals surface area contributed by atoms with Crippen molar-refractivity contribution in [2.24, 2.45) is 0 Å². The third-order valence-electron chi connectivity index (χ3n) is 4.29. The van der Waals surface area contributed by atoms with Crippen molar-refractivity contribution >= 4 is 28.8 Å². The summed E-state index contributed by atoms with van der Waals surface area (Å²) in [5.74, 6) is 0.0425. The van der Waals surface area contributed by atoms with Crippen molar-refractivity contribution in [2.45, 2.75) is 0 Å². The molecule has 0 bridgehead atoms. The van der Waals surface area contributed by atoms with E-state index in [1.54, 1.807) is 25.3 Å². The second-order valence-corrected chi connectivity index (χ2v) is 6.44. The van der Waals surface area contributed by atoms with Gasteiger partial charge in [-0.05, 0) is 29.1 Å². The minimum atomic E-state index is -0.633. The lowest BCUT2D eigenvalue weighted by Gasteiger charge is -2.10. The normalized spacial score (nSPS) is 11.4. The molecule has 32 heavy (non-hydrogen) atoms. The first kappa shape index (κ1) is 23.1. The predicted octanol–water partition coefficient (Wildman–Crippen LogP) is 2.60. The molecule has 11 nitrogen and oxygen atoms in total. The van der Waals surface area contributed by atoms with Crippen molar-refractivity contribution in [3.05, 3.63) is 63.2 Å². The van der Waals surface area contributed by atoms with Crippen molar-refractivity contribution in [2.75, 3.05) is 46.8 Å². The number of hydrogen-bond donors (Lipinski definition) is 0. The van der Waals surface area contributed by atoms with Crippen LogP contribution in [0.4, 0.5) is 5.88 Å². The highest BCUT2D eigenvalue weighted by Gasteiger charge is 2.17. The summed E-state index contributed by atoms with van der Waals surface area (Å²) in [6.45, 7) is 2.42.